The predicted octanol–water partition coefficient (Wildman–Crippen LogP) is 2.87. The number of carbonyl (C=O) groups excluding carboxylic acids is 1. The molecule has 0 aromatic heterocycles. The van der Waals surface area contributed by atoms with Crippen LogP contribution in [0.2, 0.25) is 5.02 Å². The molecule has 0 radical (unpaired) electrons. The van der Waals surface area contributed by atoms with Crippen LogP contribution >= 0.6 is 11.6 Å². The summed E-state index contributed by atoms with van der Waals surface area (Å²) in [6.45, 7) is 1.38. The van der Waals surface area contributed by atoms with Crippen LogP contribution in [0.15, 0.2) is 24.3 Å². The molecule has 1 aromatic rings. The lowest BCUT2D eigenvalue weighted by molar-refractivity contribution is -0.132. The second-order valence-electron chi connectivity index (χ2n) is 5.30. The number of amides is 1. The quantitative estimate of drug-likeness (QED) is 0.842. The normalized spacial score (nSPS) is 18.0. The Labute approximate surface area is 130 Å². The summed E-state index contributed by atoms with van der Waals surface area (Å²) < 4.78 is 5.56. The lowest BCUT2D eigenvalue weighted by Crippen LogP contribution is -2.36. The molecule has 1 aliphatic heterocycles. The Morgan fingerprint density at radius 2 is 2.33 bits per heavy atom. The minimum Gasteiger partial charge on any atom is -0.493 e. The summed E-state index contributed by atoms with van der Waals surface area (Å²) in [6.07, 6.45) is 4.12. The molecule has 1 heterocycles. The van der Waals surface area contributed by atoms with E-state index in [0.29, 0.717) is 23.8 Å². The second-order valence-corrected chi connectivity index (χ2v) is 5.74. The number of ether oxygens (including phenoxy) is 1. The van der Waals surface area contributed by atoms with E-state index in [4.69, 9.17) is 21.4 Å². The zero-order valence-electron chi connectivity index (χ0n) is 12.1. The van der Waals surface area contributed by atoms with Crippen molar-refractivity contribution in [3.63, 3.8) is 0 Å². The maximum absolute atomic E-state index is 12.2. The maximum atomic E-state index is 12.2. The van der Waals surface area contributed by atoms with E-state index in [-0.39, 0.29) is 18.6 Å². The van der Waals surface area contributed by atoms with E-state index in [1.54, 1.807) is 12.1 Å². The lowest BCUT2D eigenvalue weighted by atomic mass is 10.1. The molecule has 1 aliphatic rings. The third-order valence-electron chi connectivity index (χ3n) is 3.77. The molecule has 0 aliphatic carbocycles. The Morgan fingerprint density at radius 3 is 3.10 bits per heavy atom. The largest absolute Gasteiger partial charge is 0.493 e. The van der Waals surface area contributed by atoms with Crippen molar-refractivity contribution in [3.8, 4) is 5.75 Å². The molecular weight excluding hydrogens is 290 g/mol. The van der Waals surface area contributed by atoms with Crippen LogP contribution in [0.3, 0.4) is 0 Å². The van der Waals surface area contributed by atoms with Gasteiger partial charge >= 0.3 is 0 Å². The van der Waals surface area contributed by atoms with Gasteiger partial charge < -0.3 is 14.7 Å². The number of likely N-dealkylation sites (tertiary alicyclic amines) is 1. The monoisotopic (exact) mass is 311 g/mol. The number of halogens is 1. The zero-order chi connectivity index (χ0) is 15.1. The van der Waals surface area contributed by atoms with Gasteiger partial charge in [0.25, 0.3) is 0 Å². The summed E-state index contributed by atoms with van der Waals surface area (Å²) in [4.78, 5) is 14.2. The fourth-order valence-corrected chi connectivity index (χ4v) is 2.93. The Bertz CT molecular complexity index is 467. The summed E-state index contributed by atoms with van der Waals surface area (Å²) in [6, 6.07) is 7.47. The van der Waals surface area contributed by atoms with Crippen LogP contribution in [0.1, 0.15) is 32.1 Å². The number of carbonyl (C=O) groups is 1. The van der Waals surface area contributed by atoms with Gasteiger partial charge in [-0.3, -0.25) is 4.79 Å². The molecule has 1 aromatic carbocycles. The van der Waals surface area contributed by atoms with Gasteiger partial charge in [0, 0.05) is 24.2 Å². The number of aliphatic hydroxyl groups is 1. The first-order valence-corrected chi connectivity index (χ1v) is 7.87. The van der Waals surface area contributed by atoms with Crippen LogP contribution in [0, 0.1) is 0 Å². The second kappa shape index (κ2) is 8.25. The fourth-order valence-electron chi connectivity index (χ4n) is 2.75. The van der Waals surface area contributed by atoms with Crippen molar-refractivity contribution < 1.29 is 14.6 Å². The van der Waals surface area contributed by atoms with Crippen LogP contribution in [0.25, 0.3) is 0 Å². The highest BCUT2D eigenvalue weighted by atomic mass is 35.5. The van der Waals surface area contributed by atoms with Gasteiger partial charge in [0.2, 0.25) is 5.91 Å². The number of nitrogens with zero attached hydrogens (tertiary/aromatic N) is 1. The first kappa shape index (κ1) is 16.1. The standard InChI is InChI=1S/C16H22ClNO3/c17-13-4-1-7-15(12-13)21-11-8-16(20)18-9-2-5-14(18)6-3-10-19/h1,4,7,12,14,19H,2-3,5-6,8-11H2. The molecule has 1 atom stereocenters. The van der Waals surface area contributed by atoms with Crippen molar-refractivity contribution in [2.75, 3.05) is 19.8 Å². The van der Waals surface area contributed by atoms with Gasteiger partial charge in [-0.15, -0.1) is 0 Å². The molecule has 2 rings (SSSR count). The predicted molar refractivity (Wildman–Crippen MR) is 82.6 cm³/mol. The average Bonchev–Trinajstić information content (AvgIpc) is 2.93. The Kier molecular flexibility index (Phi) is 6.33. The molecule has 4 nitrogen and oxygen atoms in total. The van der Waals surface area contributed by atoms with Crippen molar-refractivity contribution >= 4 is 17.5 Å². The molecule has 116 valence electrons. The van der Waals surface area contributed by atoms with Gasteiger partial charge in [-0.1, -0.05) is 17.7 Å². The molecule has 0 bridgehead atoms. The lowest BCUT2D eigenvalue weighted by Gasteiger charge is -2.24. The van der Waals surface area contributed by atoms with E-state index in [1.807, 2.05) is 17.0 Å². The van der Waals surface area contributed by atoms with Crippen LogP contribution in [0.4, 0.5) is 0 Å². The highest BCUT2D eigenvalue weighted by Crippen LogP contribution is 2.22. The smallest absolute Gasteiger partial charge is 0.226 e. The first-order valence-electron chi connectivity index (χ1n) is 7.49. The molecule has 0 saturated carbocycles. The molecule has 1 amide bonds. The van der Waals surface area contributed by atoms with Gasteiger partial charge in [0.1, 0.15) is 5.75 Å². The molecule has 5 heteroatoms. The van der Waals surface area contributed by atoms with E-state index >= 15 is 0 Å². The Hall–Kier alpha value is -1.26. The number of hydrogen-bond acceptors (Lipinski definition) is 3. The molecular formula is C16H22ClNO3. The van der Waals surface area contributed by atoms with Crippen LogP contribution in [-0.4, -0.2) is 41.7 Å². The minimum absolute atomic E-state index is 0.137. The van der Waals surface area contributed by atoms with Gasteiger partial charge in [0.15, 0.2) is 0 Å². The average molecular weight is 312 g/mol. The molecule has 0 spiro atoms. The van der Waals surface area contributed by atoms with Crippen molar-refractivity contribution in [3.05, 3.63) is 29.3 Å². The number of aliphatic hydroxyl groups excluding tert-OH is 1. The van der Waals surface area contributed by atoms with E-state index in [0.717, 1.165) is 32.2 Å². The molecule has 21 heavy (non-hydrogen) atoms. The summed E-state index contributed by atoms with van der Waals surface area (Å²) >= 11 is 5.88. The van der Waals surface area contributed by atoms with Crippen LogP contribution < -0.4 is 4.74 Å². The summed E-state index contributed by atoms with van der Waals surface area (Å²) in [5, 5.41) is 9.53. The zero-order valence-corrected chi connectivity index (χ0v) is 12.9. The Balaban J connectivity index is 1.76. The van der Waals surface area contributed by atoms with Gasteiger partial charge in [-0.2, -0.15) is 0 Å². The summed E-state index contributed by atoms with van der Waals surface area (Å²) in [5.41, 5.74) is 0. The third-order valence-corrected chi connectivity index (χ3v) is 4.01. The van der Waals surface area contributed by atoms with E-state index in [1.165, 1.54) is 0 Å². The van der Waals surface area contributed by atoms with Gasteiger partial charge in [-0.25, -0.2) is 0 Å². The summed E-state index contributed by atoms with van der Waals surface area (Å²) in [7, 11) is 0. The van der Waals surface area contributed by atoms with Gasteiger partial charge in [0.05, 0.1) is 13.0 Å². The highest BCUT2D eigenvalue weighted by Gasteiger charge is 2.27. The van der Waals surface area contributed by atoms with Crippen molar-refractivity contribution in [1.29, 1.82) is 0 Å². The fraction of sp³-hybridized carbons (Fsp3) is 0.562. The molecule has 1 N–H and O–H groups in total. The molecule has 1 fully saturated rings. The number of rotatable bonds is 7. The van der Waals surface area contributed by atoms with E-state index in [9.17, 15) is 4.79 Å². The van der Waals surface area contributed by atoms with E-state index < -0.39 is 0 Å². The third kappa shape index (κ3) is 4.90. The van der Waals surface area contributed by atoms with Gasteiger partial charge in [-0.05, 0) is 43.9 Å². The Morgan fingerprint density at radius 1 is 1.48 bits per heavy atom. The highest BCUT2D eigenvalue weighted by molar-refractivity contribution is 6.30. The van der Waals surface area contributed by atoms with Crippen molar-refractivity contribution in [2.45, 2.75) is 38.1 Å². The van der Waals surface area contributed by atoms with Crippen LogP contribution in [-0.2, 0) is 4.79 Å². The minimum atomic E-state index is 0.137. The first-order chi connectivity index (χ1) is 10.2. The van der Waals surface area contributed by atoms with Crippen LogP contribution in [0.5, 0.6) is 5.75 Å². The number of hydrogen-bond donors (Lipinski definition) is 1. The molecule has 1 saturated heterocycles. The van der Waals surface area contributed by atoms with Crippen molar-refractivity contribution in [2.24, 2.45) is 0 Å². The number of benzene rings is 1. The topological polar surface area (TPSA) is 49.8 Å². The SMILES string of the molecule is O=C(CCOc1cccc(Cl)c1)N1CCCC1CCCO. The molecule has 1 unspecified atom stereocenters. The van der Waals surface area contributed by atoms with E-state index in [2.05, 4.69) is 0 Å². The maximum Gasteiger partial charge on any atom is 0.226 e. The summed E-state index contributed by atoms with van der Waals surface area (Å²) in [5.74, 6) is 0.825. The van der Waals surface area contributed by atoms with Crippen molar-refractivity contribution in [1.82, 2.24) is 4.90 Å².